The molecule has 0 saturated heterocycles. The van der Waals surface area contributed by atoms with E-state index in [1.807, 2.05) is 19.1 Å². The molecule has 2 aromatic rings. The standard InChI is InChI=1S/C16H20N4O4/c1-10-5-6-14(24-4)13(9-10)17-15(21)7-8-19-12(3)16(20(22)23)11(2)18-19/h5-6,9H,7-8H2,1-4H3,(H,17,21). The summed E-state index contributed by atoms with van der Waals surface area (Å²) in [5, 5.41) is 17.9. The molecule has 0 atom stereocenters. The number of benzene rings is 1. The first-order chi connectivity index (χ1) is 11.3. The molecule has 1 heterocycles. The van der Waals surface area contributed by atoms with Crippen LogP contribution in [0.2, 0.25) is 0 Å². The molecule has 1 amide bonds. The number of carbonyl (C=O) groups is 1. The second kappa shape index (κ2) is 7.12. The summed E-state index contributed by atoms with van der Waals surface area (Å²) in [6.07, 6.45) is 0.149. The molecule has 24 heavy (non-hydrogen) atoms. The van der Waals surface area contributed by atoms with E-state index in [2.05, 4.69) is 10.4 Å². The van der Waals surface area contributed by atoms with Crippen molar-refractivity contribution in [2.45, 2.75) is 33.7 Å². The smallest absolute Gasteiger partial charge is 0.312 e. The molecule has 0 aliphatic rings. The van der Waals surface area contributed by atoms with Crippen molar-refractivity contribution < 1.29 is 14.5 Å². The molecule has 1 N–H and O–H groups in total. The molecule has 0 radical (unpaired) electrons. The maximum absolute atomic E-state index is 12.2. The normalized spacial score (nSPS) is 10.5. The molecule has 8 heteroatoms. The molecule has 1 aromatic carbocycles. The van der Waals surface area contributed by atoms with E-state index in [-0.39, 0.29) is 24.6 Å². The second-order valence-corrected chi connectivity index (χ2v) is 5.50. The summed E-state index contributed by atoms with van der Waals surface area (Å²) in [5.41, 5.74) is 2.38. The van der Waals surface area contributed by atoms with Crippen molar-refractivity contribution in [1.82, 2.24) is 9.78 Å². The number of methoxy groups -OCH3 is 1. The van der Waals surface area contributed by atoms with Crippen LogP contribution >= 0.6 is 0 Å². The van der Waals surface area contributed by atoms with Crippen molar-refractivity contribution in [3.05, 3.63) is 45.3 Å². The van der Waals surface area contributed by atoms with E-state index in [1.165, 1.54) is 11.8 Å². The van der Waals surface area contributed by atoms with Crippen molar-refractivity contribution in [2.24, 2.45) is 0 Å². The average Bonchev–Trinajstić information content (AvgIpc) is 2.79. The highest BCUT2D eigenvalue weighted by molar-refractivity contribution is 5.92. The van der Waals surface area contributed by atoms with Crippen LogP contribution in [-0.2, 0) is 11.3 Å². The van der Waals surface area contributed by atoms with Crippen molar-refractivity contribution in [2.75, 3.05) is 12.4 Å². The van der Waals surface area contributed by atoms with Gasteiger partial charge in [-0.2, -0.15) is 5.10 Å². The number of hydrogen-bond donors (Lipinski definition) is 1. The number of hydrogen-bond acceptors (Lipinski definition) is 5. The molecule has 8 nitrogen and oxygen atoms in total. The van der Waals surface area contributed by atoms with E-state index >= 15 is 0 Å². The van der Waals surface area contributed by atoms with E-state index in [0.717, 1.165) is 5.56 Å². The summed E-state index contributed by atoms with van der Waals surface area (Å²) in [7, 11) is 1.54. The third-order valence-corrected chi connectivity index (χ3v) is 3.71. The molecule has 128 valence electrons. The Labute approximate surface area is 139 Å². The number of anilines is 1. The Morgan fingerprint density at radius 3 is 2.67 bits per heavy atom. The zero-order chi connectivity index (χ0) is 17.9. The zero-order valence-electron chi connectivity index (χ0n) is 14.1. The number of ether oxygens (including phenoxy) is 1. The molecule has 0 fully saturated rings. The topological polar surface area (TPSA) is 99.3 Å². The van der Waals surface area contributed by atoms with Crippen LogP contribution in [0.25, 0.3) is 0 Å². The van der Waals surface area contributed by atoms with E-state index < -0.39 is 4.92 Å². The quantitative estimate of drug-likeness (QED) is 0.647. The summed E-state index contributed by atoms with van der Waals surface area (Å²) in [5.74, 6) is 0.366. The molecule has 0 bridgehead atoms. The maximum Gasteiger partial charge on any atom is 0.312 e. The summed E-state index contributed by atoms with van der Waals surface area (Å²) < 4.78 is 6.71. The summed E-state index contributed by atoms with van der Waals surface area (Å²) in [6, 6.07) is 5.50. The van der Waals surface area contributed by atoms with Crippen molar-refractivity contribution >= 4 is 17.3 Å². The van der Waals surface area contributed by atoms with Gasteiger partial charge in [0, 0.05) is 6.42 Å². The first-order valence-electron chi connectivity index (χ1n) is 7.46. The number of nitrogens with one attached hydrogen (secondary N) is 1. The highest BCUT2D eigenvalue weighted by Gasteiger charge is 2.21. The van der Waals surface area contributed by atoms with Crippen LogP contribution in [-0.4, -0.2) is 27.7 Å². The van der Waals surface area contributed by atoms with Gasteiger partial charge in [0.1, 0.15) is 17.1 Å². The van der Waals surface area contributed by atoms with Crippen LogP contribution < -0.4 is 10.1 Å². The number of nitrogens with zero attached hydrogens (tertiary/aromatic N) is 3. The highest BCUT2D eigenvalue weighted by Crippen LogP contribution is 2.25. The minimum Gasteiger partial charge on any atom is -0.495 e. The predicted octanol–water partition coefficient (Wildman–Crippen LogP) is 2.75. The fourth-order valence-electron chi connectivity index (χ4n) is 2.51. The Kier molecular flexibility index (Phi) is 5.18. The largest absolute Gasteiger partial charge is 0.495 e. The lowest BCUT2D eigenvalue weighted by Gasteiger charge is -2.11. The van der Waals surface area contributed by atoms with Gasteiger partial charge in [-0.15, -0.1) is 0 Å². The van der Waals surface area contributed by atoms with Crippen LogP contribution in [0.5, 0.6) is 5.75 Å². The van der Waals surface area contributed by atoms with Gasteiger partial charge < -0.3 is 10.1 Å². The van der Waals surface area contributed by atoms with Gasteiger partial charge in [-0.1, -0.05) is 6.07 Å². The summed E-state index contributed by atoms with van der Waals surface area (Å²) in [4.78, 5) is 22.7. The Morgan fingerprint density at radius 1 is 1.38 bits per heavy atom. The van der Waals surface area contributed by atoms with E-state index in [1.54, 1.807) is 19.9 Å². The van der Waals surface area contributed by atoms with Gasteiger partial charge in [-0.3, -0.25) is 19.6 Å². The molecule has 0 spiro atoms. The molecular formula is C16H20N4O4. The number of carbonyl (C=O) groups excluding carboxylic acids is 1. The SMILES string of the molecule is COc1ccc(C)cc1NC(=O)CCn1nc(C)c([N+](=O)[O-])c1C. The summed E-state index contributed by atoms with van der Waals surface area (Å²) >= 11 is 0. The number of amides is 1. The zero-order valence-corrected chi connectivity index (χ0v) is 14.1. The molecule has 0 saturated carbocycles. The van der Waals surface area contributed by atoms with Crippen LogP contribution in [0.4, 0.5) is 11.4 Å². The lowest BCUT2D eigenvalue weighted by molar-refractivity contribution is -0.386. The minimum absolute atomic E-state index is 0.00392. The van der Waals surface area contributed by atoms with Gasteiger partial charge >= 0.3 is 5.69 Å². The van der Waals surface area contributed by atoms with Crippen molar-refractivity contribution in [3.63, 3.8) is 0 Å². The first-order valence-corrected chi connectivity index (χ1v) is 7.46. The van der Waals surface area contributed by atoms with Gasteiger partial charge in [0.2, 0.25) is 5.91 Å². The number of nitro groups is 1. The van der Waals surface area contributed by atoms with E-state index in [9.17, 15) is 14.9 Å². The number of aromatic nitrogens is 2. The van der Waals surface area contributed by atoms with Gasteiger partial charge in [0.25, 0.3) is 0 Å². The van der Waals surface area contributed by atoms with Crippen LogP contribution in [0.1, 0.15) is 23.4 Å². The fraction of sp³-hybridized carbons (Fsp3) is 0.375. The monoisotopic (exact) mass is 332 g/mol. The molecule has 1 aromatic heterocycles. The van der Waals surface area contributed by atoms with Crippen LogP contribution in [0.3, 0.4) is 0 Å². The molecule has 0 unspecified atom stereocenters. The van der Waals surface area contributed by atoms with Crippen molar-refractivity contribution in [3.8, 4) is 5.75 Å². The van der Waals surface area contributed by atoms with Crippen LogP contribution in [0, 0.1) is 30.9 Å². The first kappa shape index (κ1) is 17.5. The number of aryl methyl sites for hydroxylation is 3. The fourth-order valence-corrected chi connectivity index (χ4v) is 2.51. The predicted molar refractivity (Wildman–Crippen MR) is 89.3 cm³/mol. The maximum atomic E-state index is 12.2. The van der Waals surface area contributed by atoms with E-state index in [4.69, 9.17) is 4.74 Å². The van der Waals surface area contributed by atoms with Crippen molar-refractivity contribution in [1.29, 1.82) is 0 Å². The molecule has 0 aliphatic carbocycles. The van der Waals surface area contributed by atoms with Gasteiger partial charge in [-0.25, -0.2) is 0 Å². The lowest BCUT2D eigenvalue weighted by atomic mass is 10.2. The Morgan fingerprint density at radius 2 is 2.08 bits per heavy atom. The minimum atomic E-state index is -0.453. The third-order valence-electron chi connectivity index (χ3n) is 3.71. The summed E-state index contributed by atoms with van der Waals surface area (Å²) in [6.45, 7) is 5.39. The number of rotatable bonds is 6. The Bertz CT molecular complexity index is 783. The molecular weight excluding hydrogens is 312 g/mol. The van der Waals surface area contributed by atoms with Gasteiger partial charge in [0.05, 0.1) is 24.3 Å². The second-order valence-electron chi connectivity index (χ2n) is 5.50. The Balaban J connectivity index is 2.06. The molecule has 2 rings (SSSR count). The van der Waals surface area contributed by atoms with Gasteiger partial charge in [0.15, 0.2) is 0 Å². The average molecular weight is 332 g/mol. The highest BCUT2D eigenvalue weighted by atomic mass is 16.6. The third kappa shape index (κ3) is 3.70. The van der Waals surface area contributed by atoms with Gasteiger partial charge in [-0.05, 0) is 38.5 Å². The lowest BCUT2D eigenvalue weighted by Crippen LogP contribution is -2.16. The van der Waals surface area contributed by atoms with E-state index in [0.29, 0.717) is 22.8 Å². The Hall–Kier alpha value is -2.90. The molecule has 0 aliphatic heterocycles. The van der Waals surface area contributed by atoms with Crippen LogP contribution in [0.15, 0.2) is 18.2 Å².